The summed E-state index contributed by atoms with van der Waals surface area (Å²) < 4.78 is 0. The largest absolute Gasteiger partial charge is 0.307 e. The highest BCUT2D eigenvalue weighted by Gasteiger charge is 2.06. The first kappa shape index (κ1) is 6.99. The standard InChI is InChI=1S/C6H8N6/c1-3-2-8-6(9-7)5-4(3)10-12-11-5/h2H,7H2,1H3,(H,8,9)(H,10,11,12). The SMILES string of the molecule is Cc1cnc(NN)c2n[nH]nc12. The van der Waals surface area contributed by atoms with E-state index >= 15 is 0 Å². The molecule has 4 N–H and O–H groups in total. The van der Waals surface area contributed by atoms with Crippen LogP contribution < -0.4 is 11.3 Å². The number of nitrogens with zero attached hydrogens (tertiary/aromatic N) is 3. The molecule has 0 atom stereocenters. The van der Waals surface area contributed by atoms with Gasteiger partial charge < -0.3 is 5.43 Å². The first-order valence-electron chi connectivity index (χ1n) is 3.45. The van der Waals surface area contributed by atoms with Gasteiger partial charge in [0.05, 0.1) is 0 Å². The molecule has 2 heterocycles. The lowest BCUT2D eigenvalue weighted by Crippen LogP contribution is -2.09. The fourth-order valence-corrected chi connectivity index (χ4v) is 1.06. The van der Waals surface area contributed by atoms with Crippen molar-refractivity contribution in [2.24, 2.45) is 5.84 Å². The van der Waals surface area contributed by atoms with Gasteiger partial charge in [0.1, 0.15) is 5.52 Å². The maximum atomic E-state index is 5.23. The number of fused-ring (bicyclic) bond motifs is 1. The molecule has 0 aliphatic heterocycles. The van der Waals surface area contributed by atoms with E-state index in [0.29, 0.717) is 11.3 Å². The summed E-state index contributed by atoms with van der Waals surface area (Å²) >= 11 is 0. The van der Waals surface area contributed by atoms with Gasteiger partial charge in [0, 0.05) is 6.20 Å². The fourth-order valence-electron chi connectivity index (χ4n) is 1.06. The van der Waals surface area contributed by atoms with E-state index in [9.17, 15) is 0 Å². The summed E-state index contributed by atoms with van der Waals surface area (Å²) in [4.78, 5) is 4.04. The molecule has 0 aromatic carbocycles. The number of hydrogen-bond acceptors (Lipinski definition) is 5. The highest BCUT2D eigenvalue weighted by atomic mass is 15.3. The highest BCUT2D eigenvalue weighted by Crippen LogP contribution is 2.17. The Morgan fingerprint density at radius 2 is 2.17 bits per heavy atom. The van der Waals surface area contributed by atoms with E-state index in [1.54, 1.807) is 6.20 Å². The first-order chi connectivity index (χ1) is 5.83. The van der Waals surface area contributed by atoms with Crippen molar-refractivity contribution in [3.63, 3.8) is 0 Å². The monoisotopic (exact) mass is 164 g/mol. The number of nitrogen functional groups attached to an aromatic ring is 1. The van der Waals surface area contributed by atoms with Gasteiger partial charge in [0.2, 0.25) is 0 Å². The van der Waals surface area contributed by atoms with Gasteiger partial charge in [-0.1, -0.05) is 0 Å². The molecule has 6 nitrogen and oxygen atoms in total. The molecule has 6 heteroatoms. The molecule has 12 heavy (non-hydrogen) atoms. The molecule has 0 saturated heterocycles. The van der Waals surface area contributed by atoms with Crippen LogP contribution in [0.3, 0.4) is 0 Å². The first-order valence-corrected chi connectivity index (χ1v) is 3.45. The number of nitrogens with one attached hydrogen (secondary N) is 2. The third-order valence-electron chi connectivity index (χ3n) is 1.67. The van der Waals surface area contributed by atoms with Gasteiger partial charge in [-0.2, -0.15) is 15.4 Å². The number of pyridine rings is 1. The average molecular weight is 164 g/mol. The van der Waals surface area contributed by atoms with Crippen LogP contribution in [-0.4, -0.2) is 20.4 Å². The molecule has 0 unspecified atom stereocenters. The van der Waals surface area contributed by atoms with Crippen LogP contribution in [0.25, 0.3) is 11.0 Å². The van der Waals surface area contributed by atoms with E-state index in [1.807, 2.05) is 6.92 Å². The number of hydrazine groups is 1. The maximum absolute atomic E-state index is 5.23. The molecule has 0 radical (unpaired) electrons. The zero-order chi connectivity index (χ0) is 8.55. The number of rotatable bonds is 1. The topological polar surface area (TPSA) is 92.5 Å². The van der Waals surface area contributed by atoms with E-state index < -0.39 is 0 Å². The predicted molar refractivity (Wildman–Crippen MR) is 44.2 cm³/mol. The summed E-state index contributed by atoms with van der Waals surface area (Å²) in [6, 6.07) is 0. The molecule has 2 aromatic rings. The van der Waals surface area contributed by atoms with Crippen LogP contribution in [0, 0.1) is 6.92 Å². The van der Waals surface area contributed by atoms with Crippen molar-refractivity contribution in [2.75, 3.05) is 5.43 Å². The lowest BCUT2D eigenvalue weighted by Gasteiger charge is -1.98. The molecule has 2 aromatic heterocycles. The Morgan fingerprint density at radius 1 is 1.42 bits per heavy atom. The van der Waals surface area contributed by atoms with Gasteiger partial charge in [0.25, 0.3) is 0 Å². The van der Waals surface area contributed by atoms with Gasteiger partial charge in [-0.3, -0.25) is 0 Å². The van der Waals surface area contributed by atoms with Crippen LogP contribution >= 0.6 is 0 Å². The quantitative estimate of drug-likeness (QED) is 0.406. The molecule has 0 aliphatic rings. The molecule has 0 fully saturated rings. The molecular weight excluding hydrogens is 156 g/mol. The number of aromatic amines is 1. The van der Waals surface area contributed by atoms with Crippen LogP contribution in [0.2, 0.25) is 0 Å². The average Bonchev–Trinajstić information content (AvgIpc) is 2.54. The molecule has 0 saturated carbocycles. The molecule has 0 spiro atoms. The second kappa shape index (κ2) is 2.42. The minimum absolute atomic E-state index is 0.532. The zero-order valence-electron chi connectivity index (χ0n) is 6.50. The zero-order valence-corrected chi connectivity index (χ0v) is 6.50. The second-order valence-corrected chi connectivity index (χ2v) is 2.45. The number of nitrogens with two attached hydrogens (primary N) is 1. The van der Waals surface area contributed by atoms with Crippen molar-refractivity contribution in [2.45, 2.75) is 6.92 Å². The Morgan fingerprint density at radius 3 is 2.92 bits per heavy atom. The van der Waals surface area contributed by atoms with Crippen LogP contribution in [0.1, 0.15) is 5.56 Å². The Labute approximate surface area is 68.1 Å². The molecule has 0 bridgehead atoms. The summed E-state index contributed by atoms with van der Waals surface area (Å²) in [7, 11) is 0. The summed E-state index contributed by atoms with van der Waals surface area (Å²) in [5.74, 6) is 5.76. The number of H-pyrrole nitrogens is 1. The third-order valence-corrected chi connectivity index (χ3v) is 1.67. The lowest BCUT2D eigenvalue weighted by atomic mass is 10.2. The Kier molecular flexibility index (Phi) is 1.41. The minimum atomic E-state index is 0.532. The molecule has 0 amide bonds. The number of aryl methyl sites for hydroxylation is 1. The van der Waals surface area contributed by atoms with Crippen molar-refractivity contribution in [3.05, 3.63) is 11.8 Å². The minimum Gasteiger partial charge on any atom is -0.307 e. The van der Waals surface area contributed by atoms with Gasteiger partial charge in [-0.25, -0.2) is 10.8 Å². The second-order valence-electron chi connectivity index (χ2n) is 2.45. The molecule has 62 valence electrons. The van der Waals surface area contributed by atoms with Crippen molar-refractivity contribution >= 4 is 16.9 Å². The normalized spacial score (nSPS) is 10.5. The van der Waals surface area contributed by atoms with E-state index in [4.69, 9.17) is 5.84 Å². The maximum Gasteiger partial charge on any atom is 0.170 e. The van der Waals surface area contributed by atoms with E-state index in [-0.39, 0.29) is 0 Å². The molecule has 2 rings (SSSR count). The van der Waals surface area contributed by atoms with Gasteiger partial charge >= 0.3 is 0 Å². The van der Waals surface area contributed by atoms with Crippen molar-refractivity contribution in [1.82, 2.24) is 20.4 Å². The molecule has 0 aliphatic carbocycles. The van der Waals surface area contributed by atoms with Gasteiger partial charge in [0.15, 0.2) is 11.3 Å². The van der Waals surface area contributed by atoms with Crippen LogP contribution in [-0.2, 0) is 0 Å². The number of anilines is 1. The van der Waals surface area contributed by atoms with Crippen LogP contribution in [0.5, 0.6) is 0 Å². The summed E-state index contributed by atoms with van der Waals surface area (Å²) in [6.07, 6.45) is 1.69. The van der Waals surface area contributed by atoms with Crippen LogP contribution in [0.4, 0.5) is 5.82 Å². The Hall–Kier alpha value is -1.69. The smallest absolute Gasteiger partial charge is 0.170 e. The van der Waals surface area contributed by atoms with Crippen molar-refractivity contribution in [3.8, 4) is 0 Å². The van der Waals surface area contributed by atoms with E-state index in [1.165, 1.54) is 0 Å². The fraction of sp³-hybridized carbons (Fsp3) is 0.167. The summed E-state index contributed by atoms with van der Waals surface area (Å²) in [6.45, 7) is 1.91. The number of aromatic nitrogens is 4. The Balaban J connectivity index is 2.82. The summed E-state index contributed by atoms with van der Waals surface area (Å²) in [5.41, 5.74) is 4.87. The van der Waals surface area contributed by atoms with Crippen molar-refractivity contribution < 1.29 is 0 Å². The lowest BCUT2D eigenvalue weighted by molar-refractivity contribution is 0.958. The third kappa shape index (κ3) is 0.817. The van der Waals surface area contributed by atoms with E-state index in [0.717, 1.165) is 11.1 Å². The van der Waals surface area contributed by atoms with Gasteiger partial charge in [-0.15, -0.1) is 0 Å². The van der Waals surface area contributed by atoms with Crippen LogP contribution in [0.15, 0.2) is 6.20 Å². The van der Waals surface area contributed by atoms with Crippen molar-refractivity contribution in [1.29, 1.82) is 0 Å². The van der Waals surface area contributed by atoms with Gasteiger partial charge in [-0.05, 0) is 12.5 Å². The Bertz CT molecular complexity index is 405. The highest BCUT2D eigenvalue weighted by molar-refractivity contribution is 5.86. The summed E-state index contributed by atoms with van der Waals surface area (Å²) in [5, 5.41) is 10.4. The van der Waals surface area contributed by atoms with E-state index in [2.05, 4.69) is 25.8 Å². The predicted octanol–water partition coefficient (Wildman–Crippen LogP) is -0.0531. The molecular formula is C6H8N6. The number of hydrogen-bond donors (Lipinski definition) is 3.